The maximum atomic E-state index is 12.3. The van der Waals surface area contributed by atoms with E-state index in [2.05, 4.69) is 25.7 Å². The van der Waals surface area contributed by atoms with Gasteiger partial charge >= 0.3 is 5.97 Å². The summed E-state index contributed by atoms with van der Waals surface area (Å²) < 4.78 is 28.8. The molecule has 1 aromatic heterocycles. The molecule has 0 aromatic carbocycles. The first-order chi connectivity index (χ1) is 6.97. The predicted molar refractivity (Wildman–Crippen MR) is 51.1 cm³/mol. The van der Waals surface area contributed by atoms with Gasteiger partial charge in [0.1, 0.15) is 5.69 Å². The number of carbonyl (C=O) groups excluding carboxylic acids is 1. The minimum Gasteiger partial charge on any atom is -0.464 e. The van der Waals surface area contributed by atoms with Crippen LogP contribution in [-0.2, 0) is 4.74 Å². The van der Waals surface area contributed by atoms with Gasteiger partial charge in [0.25, 0.3) is 6.43 Å². The van der Waals surface area contributed by atoms with Crippen LogP contribution < -0.4 is 5.43 Å². The van der Waals surface area contributed by atoms with Crippen LogP contribution in [0.5, 0.6) is 0 Å². The van der Waals surface area contributed by atoms with Gasteiger partial charge in [-0.15, -0.1) is 0 Å². The summed E-state index contributed by atoms with van der Waals surface area (Å²) in [5.74, 6) is -0.888. The molecule has 7 heteroatoms. The maximum Gasteiger partial charge on any atom is 0.355 e. The highest BCUT2D eigenvalue weighted by molar-refractivity contribution is 9.10. The Labute approximate surface area is 91.4 Å². The van der Waals surface area contributed by atoms with E-state index in [0.29, 0.717) is 0 Å². The molecule has 0 unspecified atom stereocenters. The van der Waals surface area contributed by atoms with Gasteiger partial charge in [0.05, 0.1) is 17.3 Å². The van der Waals surface area contributed by atoms with Crippen LogP contribution >= 0.6 is 15.9 Å². The Morgan fingerprint density at radius 1 is 1.60 bits per heavy atom. The van der Waals surface area contributed by atoms with Gasteiger partial charge < -0.3 is 9.72 Å². The first kappa shape index (κ1) is 11.8. The summed E-state index contributed by atoms with van der Waals surface area (Å²) in [6.45, 7) is 0. The second-order valence-corrected chi connectivity index (χ2v) is 3.36. The molecule has 1 N–H and O–H groups in total. The van der Waals surface area contributed by atoms with Crippen LogP contribution in [0.25, 0.3) is 0 Å². The van der Waals surface area contributed by atoms with E-state index in [-0.39, 0.29) is 10.2 Å². The highest BCUT2D eigenvalue weighted by Crippen LogP contribution is 2.18. The number of hydrogen-bond donors (Lipinski definition) is 1. The summed E-state index contributed by atoms with van der Waals surface area (Å²) in [5, 5.41) is 0. The van der Waals surface area contributed by atoms with Gasteiger partial charge in [0, 0.05) is 6.07 Å². The van der Waals surface area contributed by atoms with E-state index in [0.717, 1.165) is 13.2 Å². The zero-order valence-electron chi connectivity index (χ0n) is 7.51. The molecule has 0 spiro atoms. The molecule has 0 saturated carbocycles. The quantitative estimate of drug-likeness (QED) is 0.842. The number of aromatic amines is 1. The zero-order valence-corrected chi connectivity index (χ0v) is 9.10. The Hall–Kier alpha value is -1.24. The van der Waals surface area contributed by atoms with Crippen LogP contribution in [0.15, 0.2) is 15.3 Å². The minimum absolute atomic E-state index is 0.126. The first-order valence-corrected chi connectivity index (χ1v) is 4.56. The van der Waals surface area contributed by atoms with Crippen molar-refractivity contribution in [2.24, 2.45) is 0 Å². The van der Waals surface area contributed by atoms with E-state index in [9.17, 15) is 18.4 Å². The Morgan fingerprint density at radius 2 is 2.20 bits per heavy atom. The minimum atomic E-state index is -2.85. The molecule has 0 amide bonds. The number of pyridine rings is 1. The number of aromatic nitrogens is 1. The van der Waals surface area contributed by atoms with Gasteiger partial charge in [0.2, 0.25) is 0 Å². The number of hydrogen-bond acceptors (Lipinski definition) is 3. The molecule has 82 valence electrons. The summed E-state index contributed by atoms with van der Waals surface area (Å²) in [6.07, 6.45) is -2.85. The second kappa shape index (κ2) is 4.52. The van der Waals surface area contributed by atoms with E-state index in [1.807, 2.05) is 0 Å². The van der Waals surface area contributed by atoms with Crippen molar-refractivity contribution in [1.82, 2.24) is 4.98 Å². The van der Waals surface area contributed by atoms with Crippen molar-refractivity contribution < 1.29 is 18.3 Å². The smallest absolute Gasteiger partial charge is 0.355 e. The monoisotopic (exact) mass is 281 g/mol. The van der Waals surface area contributed by atoms with Crippen molar-refractivity contribution in [3.8, 4) is 0 Å². The number of nitrogens with one attached hydrogen (secondary N) is 1. The van der Waals surface area contributed by atoms with E-state index in [4.69, 9.17) is 0 Å². The molecule has 0 bridgehead atoms. The molecule has 0 atom stereocenters. The summed E-state index contributed by atoms with van der Waals surface area (Å²) in [6, 6.07) is 0.723. The summed E-state index contributed by atoms with van der Waals surface area (Å²) in [5.41, 5.74) is -1.65. The lowest BCUT2D eigenvalue weighted by Crippen LogP contribution is -2.15. The molecular weight excluding hydrogens is 276 g/mol. The van der Waals surface area contributed by atoms with Crippen molar-refractivity contribution in [2.45, 2.75) is 6.43 Å². The molecule has 0 fully saturated rings. The van der Waals surface area contributed by atoms with E-state index >= 15 is 0 Å². The third-order valence-corrected chi connectivity index (χ3v) is 2.40. The molecule has 0 saturated heterocycles. The highest BCUT2D eigenvalue weighted by atomic mass is 79.9. The highest BCUT2D eigenvalue weighted by Gasteiger charge is 2.18. The predicted octanol–water partition coefficient (Wildman–Crippen LogP) is 1.86. The molecule has 15 heavy (non-hydrogen) atoms. The molecule has 1 rings (SSSR count). The lowest BCUT2D eigenvalue weighted by atomic mass is 10.3. The van der Waals surface area contributed by atoms with Crippen molar-refractivity contribution in [1.29, 1.82) is 0 Å². The molecule has 4 nitrogen and oxygen atoms in total. The topological polar surface area (TPSA) is 59.2 Å². The van der Waals surface area contributed by atoms with Crippen LogP contribution in [-0.4, -0.2) is 18.1 Å². The number of H-pyrrole nitrogens is 1. The van der Waals surface area contributed by atoms with Gasteiger partial charge in [0.15, 0.2) is 5.43 Å². The van der Waals surface area contributed by atoms with Crippen LogP contribution in [0.2, 0.25) is 0 Å². The average Bonchev–Trinajstić information content (AvgIpc) is 2.20. The largest absolute Gasteiger partial charge is 0.464 e. The van der Waals surface area contributed by atoms with Crippen LogP contribution in [0.1, 0.15) is 22.6 Å². The zero-order chi connectivity index (χ0) is 11.6. The van der Waals surface area contributed by atoms with Gasteiger partial charge in [-0.1, -0.05) is 0 Å². The molecule has 1 aromatic rings. The summed E-state index contributed by atoms with van der Waals surface area (Å²) >= 11 is 2.82. The molecule has 0 aliphatic carbocycles. The van der Waals surface area contributed by atoms with Gasteiger partial charge in [-0.3, -0.25) is 4.79 Å². The van der Waals surface area contributed by atoms with Gasteiger partial charge in [-0.25, -0.2) is 13.6 Å². The Morgan fingerprint density at radius 3 is 2.67 bits per heavy atom. The number of esters is 1. The Balaban J connectivity index is 3.38. The number of alkyl halides is 2. The first-order valence-electron chi connectivity index (χ1n) is 3.76. The van der Waals surface area contributed by atoms with Crippen molar-refractivity contribution in [2.75, 3.05) is 7.11 Å². The number of carbonyl (C=O) groups is 1. The fourth-order valence-corrected chi connectivity index (χ4v) is 1.30. The van der Waals surface area contributed by atoms with Gasteiger partial charge in [-0.2, -0.15) is 0 Å². The van der Waals surface area contributed by atoms with E-state index in [1.165, 1.54) is 0 Å². The average molecular weight is 282 g/mol. The fourth-order valence-electron chi connectivity index (χ4n) is 0.923. The molecule has 1 heterocycles. The second-order valence-electron chi connectivity index (χ2n) is 2.57. The van der Waals surface area contributed by atoms with Crippen molar-refractivity contribution in [3.05, 3.63) is 32.2 Å². The number of halogens is 3. The normalized spacial score (nSPS) is 10.5. The number of methoxy groups -OCH3 is 1. The standard InChI is InChI=1S/C8H6BrF2NO3/c1-15-8(14)6-5(9)4(13)2-3(12-6)7(10)11/h2,7H,1H3,(H,12,13). The Kier molecular flexibility index (Phi) is 3.57. The third-order valence-electron chi connectivity index (χ3n) is 1.62. The third kappa shape index (κ3) is 2.41. The fraction of sp³-hybridized carbons (Fsp3) is 0.250. The van der Waals surface area contributed by atoms with Crippen molar-refractivity contribution >= 4 is 21.9 Å². The van der Waals surface area contributed by atoms with E-state index < -0.39 is 23.5 Å². The van der Waals surface area contributed by atoms with Crippen LogP contribution in [0.4, 0.5) is 8.78 Å². The summed E-state index contributed by atoms with van der Waals surface area (Å²) in [7, 11) is 1.09. The number of ether oxygens (including phenoxy) is 1. The molecule has 0 aliphatic heterocycles. The van der Waals surface area contributed by atoms with Gasteiger partial charge in [-0.05, 0) is 15.9 Å². The SMILES string of the molecule is COC(=O)c1[nH]c(C(F)F)cc(=O)c1Br. The molecule has 0 radical (unpaired) electrons. The maximum absolute atomic E-state index is 12.3. The number of rotatable bonds is 2. The summed E-state index contributed by atoms with van der Waals surface area (Å²) in [4.78, 5) is 24.4. The van der Waals surface area contributed by atoms with Crippen LogP contribution in [0.3, 0.4) is 0 Å². The Bertz CT molecular complexity index is 444. The van der Waals surface area contributed by atoms with Crippen molar-refractivity contribution in [3.63, 3.8) is 0 Å². The molecular formula is C8H6BrF2NO3. The van der Waals surface area contributed by atoms with E-state index in [1.54, 1.807) is 0 Å². The molecule has 0 aliphatic rings. The lowest BCUT2D eigenvalue weighted by Gasteiger charge is -2.05. The van der Waals surface area contributed by atoms with Crippen LogP contribution in [0, 0.1) is 0 Å². The lowest BCUT2D eigenvalue weighted by molar-refractivity contribution is 0.0591.